The number of nitrogens with two attached hydrogens (primary N) is 2. The van der Waals surface area contributed by atoms with Gasteiger partial charge in [0.25, 0.3) is 0 Å². The molecule has 0 radical (unpaired) electrons. The van der Waals surface area contributed by atoms with Crippen LogP contribution in [0.2, 0.25) is 0 Å². The van der Waals surface area contributed by atoms with Gasteiger partial charge in [0.2, 0.25) is 0 Å². The van der Waals surface area contributed by atoms with Gasteiger partial charge in [-0.25, -0.2) is 32.7 Å². The van der Waals surface area contributed by atoms with E-state index in [1.54, 1.807) is 0 Å². The number of fused-ring (bicyclic) bond motifs is 6. The van der Waals surface area contributed by atoms with E-state index in [4.69, 9.17) is 10.3 Å². The summed E-state index contributed by atoms with van der Waals surface area (Å²) in [6.07, 6.45) is 9.82. The van der Waals surface area contributed by atoms with E-state index < -0.39 is 37.7 Å². The summed E-state index contributed by atoms with van der Waals surface area (Å²) in [6.45, 7) is 3.18. The summed E-state index contributed by atoms with van der Waals surface area (Å²) in [6, 6.07) is 2.64. The van der Waals surface area contributed by atoms with E-state index in [0.717, 1.165) is 132 Å². The lowest BCUT2D eigenvalue weighted by Crippen LogP contribution is -2.33. The minimum Gasteiger partial charge on any atom is -0.305 e. The van der Waals surface area contributed by atoms with Gasteiger partial charge in [-0.15, -0.1) is 31.4 Å². The summed E-state index contributed by atoms with van der Waals surface area (Å²) in [5.74, 6) is -0.688. The number of halogens is 1. The van der Waals surface area contributed by atoms with Crippen LogP contribution < -0.4 is 20.9 Å². The van der Waals surface area contributed by atoms with E-state index >= 15 is 4.39 Å². The third-order valence-electron chi connectivity index (χ3n) is 13.4. The highest BCUT2D eigenvalue weighted by molar-refractivity contribution is 7.94. The number of hydrogen-bond acceptors (Lipinski definition) is 8. The van der Waals surface area contributed by atoms with E-state index in [-0.39, 0.29) is 22.2 Å². The number of benzene rings is 2. The van der Waals surface area contributed by atoms with Gasteiger partial charge in [-0.3, -0.25) is 4.90 Å². The molecule has 4 amide bonds. The zero-order valence-corrected chi connectivity index (χ0v) is 36.0. The van der Waals surface area contributed by atoms with Gasteiger partial charge >= 0.3 is 12.1 Å². The molecule has 4 aromatic rings. The van der Waals surface area contributed by atoms with Crippen LogP contribution in [0.3, 0.4) is 0 Å². The number of aryl methyl sites for hydroxylation is 3. The highest BCUT2D eigenvalue weighted by atomic mass is 32.2. The van der Waals surface area contributed by atoms with Gasteiger partial charge in [0.15, 0.2) is 29.9 Å². The van der Waals surface area contributed by atoms with Crippen molar-refractivity contribution in [2.45, 2.75) is 111 Å². The number of carbonyl (C=O) groups is 2. The van der Waals surface area contributed by atoms with Gasteiger partial charge in [-0.2, -0.15) is 0 Å². The molecule has 0 saturated carbocycles. The molecule has 0 fully saturated rings. The Labute approximate surface area is 346 Å². The van der Waals surface area contributed by atoms with Gasteiger partial charge in [-0.1, -0.05) is 12.1 Å². The molecule has 10 rings (SSSR count). The first kappa shape index (κ1) is 38.6. The number of hydrogen-bond donors (Lipinski definition) is 4. The second-order valence-corrected chi connectivity index (χ2v) is 22.8. The Hall–Kier alpha value is -3.55. The lowest BCUT2D eigenvalue weighted by atomic mass is 9.69. The van der Waals surface area contributed by atoms with Crippen molar-refractivity contribution in [2.24, 2.45) is 19.0 Å². The second-order valence-electron chi connectivity index (χ2n) is 16.8. The van der Waals surface area contributed by atoms with Crippen LogP contribution >= 0.6 is 22.7 Å². The van der Waals surface area contributed by atoms with Crippen LogP contribution in [0.5, 0.6) is 0 Å². The van der Waals surface area contributed by atoms with Crippen LogP contribution in [0.25, 0.3) is 0 Å². The molecular weight excluding hydrogens is 816 g/mol. The second kappa shape index (κ2) is 14.0. The Morgan fingerprint density at radius 2 is 1.36 bits per heavy atom. The predicted octanol–water partition coefficient (Wildman–Crippen LogP) is 7.66. The van der Waals surface area contributed by atoms with Crippen molar-refractivity contribution >= 4 is 65.9 Å². The van der Waals surface area contributed by atoms with Crippen molar-refractivity contribution in [1.29, 1.82) is 0 Å². The fourth-order valence-corrected chi connectivity index (χ4v) is 15.9. The smallest absolute Gasteiger partial charge is 0.305 e. The summed E-state index contributed by atoms with van der Waals surface area (Å²) in [4.78, 5) is 32.3. The minimum atomic E-state index is -3.86. The average Bonchev–Trinajstić information content (AvgIpc) is 4.01. The number of anilines is 2. The first-order chi connectivity index (χ1) is 27.7. The van der Waals surface area contributed by atoms with Crippen LogP contribution in [-0.4, -0.2) is 50.9 Å². The van der Waals surface area contributed by atoms with E-state index in [2.05, 4.69) is 36.4 Å². The molecule has 5 unspecified atom stereocenters. The van der Waals surface area contributed by atoms with Gasteiger partial charge in [-0.05, 0) is 147 Å². The SMILES string of the molecule is CC1c2c(csc2S(N)(=O)=NC(=O)Nc2c3c(cc4c2CCC4)CCC3)C(C2Cc3cc4c(c(NC(=O)N=S(N)(=O)c5sc6c(c5F)CN(C)CC6)c32)CCC4)N1C. The Bertz CT molecular complexity index is 2710. The Kier molecular flexibility index (Phi) is 9.33. The van der Waals surface area contributed by atoms with Gasteiger partial charge in [0.05, 0.1) is 0 Å². The lowest BCUT2D eigenvalue weighted by molar-refractivity contribution is 0.181. The summed E-state index contributed by atoms with van der Waals surface area (Å²) in [5.41, 5.74) is 13.0. The standard InChI is InChI=1S/C41H47FN8O4S4/c1-20-32-30(19-55-38(32)57(43,53)47-40(51)45-35-25-10-4-7-21(25)15-22-8-5-11-26(22)35)37(50(20)3)28-17-24-16-23-9-6-12-27(23)36(33(24)28)46-41(52)48-58(44,54)39-34(42)29-18-49(2)14-13-31(29)56-39/h15-16,19-20,28,37H,4-14,17-18H2,1-3H3,(H3,43,45,47,51,53)(H3,44,46,48,52,54). The third kappa shape index (κ3) is 6.13. The van der Waals surface area contributed by atoms with Crippen molar-refractivity contribution in [3.63, 3.8) is 0 Å². The van der Waals surface area contributed by atoms with Crippen molar-refractivity contribution in [3.05, 3.63) is 89.4 Å². The zero-order valence-electron chi connectivity index (χ0n) is 32.7. The van der Waals surface area contributed by atoms with Crippen LogP contribution in [0.4, 0.5) is 25.4 Å². The molecule has 2 aromatic heterocycles. The number of amides is 4. The van der Waals surface area contributed by atoms with E-state index in [0.29, 0.717) is 28.4 Å². The Morgan fingerprint density at radius 1 is 0.793 bits per heavy atom. The van der Waals surface area contributed by atoms with Crippen LogP contribution in [-0.2, 0) is 77.7 Å². The molecule has 2 aliphatic heterocycles. The van der Waals surface area contributed by atoms with E-state index in [1.165, 1.54) is 28.0 Å². The predicted molar refractivity (Wildman–Crippen MR) is 227 cm³/mol. The maximum Gasteiger partial charge on any atom is 0.354 e. The monoisotopic (exact) mass is 862 g/mol. The molecule has 58 heavy (non-hydrogen) atoms. The molecule has 17 heteroatoms. The molecule has 2 aromatic carbocycles. The van der Waals surface area contributed by atoms with Crippen LogP contribution in [0.15, 0.2) is 34.7 Å². The van der Waals surface area contributed by atoms with Gasteiger partial charge < -0.3 is 15.5 Å². The molecular formula is C41H47FN8O4S4. The van der Waals surface area contributed by atoms with Crippen molar-refractivity contribution in [1.82, 2.24) is 9.80 Å². The normalized spacial score (nSPS) is 23.7. The fraction of sp³-hybridized carbons (Fsp3) is 0.463. The summed E-state index contributed by atoms with van der Waals surface area (Å²) >= 11 is 2.32. The number of rotatable bonds is 5. The van der Waals surface area contributed by atoms with Crippen LogP contribution in [0.1, 0.15) is 110 Å². The third-order valence-corrected chi connectivity index (χ3v) is 19.6. The topological polar surface area (TPSA) is 176 Å². The number of nitrogens with one attached hydrogen (secondary N) is 2. The van der Waals surface area contributed by atoms with Gasteiger partial charge in [0.1, 0.15) is 4.21 Å². The van der Waals surface area contributed by atoms with Crippen molar-refractivity contribution in [3.8, 4) is 0 Å². The molecule has 6 N–H and O–H groups in total. The maximum absolute atomic E-state index is 15.6. The largest absolute Gasteiger partial charge is 0.354 e. The summed E-state index contributed by atoms with van der Waals surface area (Å²) < 4.78 is 52.0. The van der Waals surface area contributed by atoms with Crippen LogP contribution in [0, 0.1) is 5.82 Å². The number of urea groups is 2. The number of likely N-dealkylation sites (N-methyl/N-ethyl adjacent to an activating group) is 2. The molecule has 12 nitrogen and oxygen atoms in total. The van der Waals surface area contributed by atoms with Crippen molar-refractivity contribution < 1.29 is 22.4 Å². The van der Waals surface area contributed by atoms with E-state index in [1.807, 2.05) is 31.3 Å². The fourth-order valence-electron chi connectivity index (χ4n) is 10.6. The first-order valence-electron chi connectivity index (χ1n) is 20.1. The molecule has 0 spiro atoms. The maximum atomic E-state index is 15.6. The molecule has 0 saturated heterocycles. The number of carbonyl (C=O) groups excluding carboxylic acids is 2. The number of thiophene rings is 2. The van der Waals surface area contributed by atoms with Gasteiger partial charge in [0, 0.05) is 58.5 Å². The lowest BCUT2D eigenvalue weighted by Gasteiger charge is -2.41. The minimum absolute atomic E-state index is 0.0515. The summed E-state index contributed by atoms with van der Waals surface area (Å²) in [7, 11) is -3.55. The summed E-state index contributed by atoms with van der Waals surface area (Å²) in [5, 5.41) is 20.7. The highest BCUT2D eigenvalue weighted by Gasteiger charge is 2.48. The van der Waals surface area contributed by atoms with E-state index in [9.17, 15) is 18.0 Å². The molecule has 4 aliphatic carbocycles. The molecule has 0 bridgehead atoms. The zero-order chi connectivity index (χ0) is 40.4. The molecule has 306 valence electrons. The Balaban J connectivity index is 0.954. The number of nitrogens with zero attached hydrogens (tertiary/aromatic N) is 4. The first-order valence-corrected chi connectivity index (χ1v) is 24.9. The quantitative estimate of drug-likeness (QED) is 0.160. The molecule has 6 aliphatic rings. The molecule has 4 heterocycles. The molecule has 5 atom stereocenters. The van der Waals surface area contributed by atoms with Crippen molar-refractivity contribution in [2.75, 3.05) is 31.3 Å². The average molecular weight is 863 g/mol. The highest BCUT2D eigenvalue weighted by Crippen LogP contribution is 2.58. The Morgan fingerprint density at radius 3 is 2.00 bits per heavy atom.